The highest BCUT2D eigenvalue weighted by Gasteiger charge is 2.71. The molecule has 7 aliphatic rings. The number of hydrogen-bond acceptors (Lipinski definition) is 18. The third kappa shape index (κ3) is 8.71. The highest BCUT2D eigenvalue weighted by molar-refractivity contribution is 5.34. The lowest BCUT2D eigenvalue weighted by atomic mass is 9.37. The topological polar surface area (TPSA) is 298 Å². The SMILES string of the molecule is CC(C)=CCCC(C)(OC1OC(CO)C(O)C(O)C1O)C1CCC2(C)C1C(O)CC1C3(C)CCC(OC4OC(CO)C(O)C(O)C4OC4OC(CO)C(O)C(O)C4O)C(C)(C)C3=CCC12C. The molecule has 0 aromatic rings. The largest absolute Gasteiger partial charge is 0.394 e. The molecular weight excluding hydrogens is 865 g/mol. The van der Waals surface area contributed by atoms with Crippen molar-refractivity contribution in [1.29, 1.82) is 0 Å². The predicted molar refractivity (Wildman–Crippen MR) is 234 cm³/mol. The van der Waals surface area contributed by atoms with Crippen LogP contribution in [0.3, 0.4) is 0 Å². The summed E-state index contributed by atoms with van der Waals surface area (Å²) in [4.78, 5) is 0. The maximum absolute atomic E-state index is 12.6. The maximum atomic E-state index is 12.6. The summed E-state index contributed by atoms with van der Waals surface area (Å²) in [7, 11) is 0. The van der Waals surface area contributed by atoms with Crippen LogP contribution in [0.25, 0.3) is 0 Å². The second-order valence-electron chi connectivity index (χ2n) is 22.4. The van der Waals surface area contributed by atoms with Crippen LogP contribution in [-0.4, -0.2) is 191 Å². The van der Waals surface area contributed by atoms with Gasteiger partial charge in [-0.15, -0.1) is 0 Å². The summed E-state index contributed by atoms with van der Waals surface area (Å²) in [6, 6.07) is 0. The summed E-state index contributed by atoms with van der Waals surface area (Å²) in [6.07, 6.45) is -14.6. The van der Waals surface area contributed by atoms with Gasteiger partial charge in [0.15, 0.2) is 18.9 Å². The van der Waals surface area contributed by atoms with Crippen LogP contribution < -0.4 is 0 Å². The van der Waals surface area contributed by atoms with Crippen molar-refractivity contribution >= 4 is 0 Å². The molecule has 0 bridgehead atoms. The van der Waals surface area contributed by atoms with Gasteiger partial charge in [-0.25, -0.2) is 0 Å². The van der Waals surface area contributed by atoms with Crippen molar-refractivity contribution in [3.05, 3.63) is 23.3 Å². The maximum Gasteiger partial charge on any atom is 0.187 e. The molecular formula is C48H80O18. The summed E-state index contributed by atoms with van der Waals surface area (Å²) in [5.41, 5.74) is -0.390. The number of aliphatic hydroxyl groups is 12. The molecule has 0 spiro atoms. The van der Waals surface area contributed by atoms with Gasteiger partial charge in [0.05, 0.1) is 37.6 Å². The Kier molecular flexibility index (Phi) is 15.5. The fourth-order valence-corrected chi connectivity index (χ4v) is 14.1. The van der Waals surface area contributed by atoms with Gasteiger partial charge in [-0.05, 0) is 106 Å². The van der Waals surface area contributed by atoms with Gasteiger partial charge in [-0.2, -0.15) is 0 Å². The second kappa shape index (κ2) is 19.4. The van der Waals surface area contributed by atoms with Crippen molar-refractivity contribution in [3.63, 3.8) is 0 Å². The highest BCUT2D eigenvalue weighted by Crippen LogP contribution is 2.75. The van der Waals surface area contributed by atoms with E-state index >= 15 is 0 Å². The zero-order valence-corrected chi connectivity index (χ0v) is 39.8. The lowest BCUT2D eigenvalue weighted by Crippen LogP contribution is -2.66. The molecule has 3 saturated carbocycles. The van der Waals surface area contributed by atoms with E-state index in [9.17, 15) is 61.3 Å². The molecule has 0 radical (unpaired) electrons. The van der Waals surface area contributed by atoms with Crippen molar-refractivity contribution in [2.24, 2.45) is 39.4 Å². The van der Waals surface area contributed by atoms with Gasteiger partial charge >= 0.3 is 0 Å². The number of ether oxygens (including phenoxy) is 6. The summed E-state index contributed by atoms with van der Waals surface area (Å²) >= 11 is 0. The highest BCUT2D eigenvalue weighted by atomic mass is 16.8. The van der Waals surface area contributed by atoms with E-state index in [2.05, 4.69) is 46.8 Å². The van der Waals surface area contributed by atoms with Gasteiger partial charge in [0, 0.05) is 5.41 Å². The van der Waals surface area contributed by atoms with Crippen molar-refractivity contribution in [1.82, 2.24) is 0 Å². The van der Waals surface area contributed by atoms with Crippen molar-refractivity contribution in [3.8, 4) is 0 Å². The van der Waals surface area contributed by atoms with E-state index in [1.54, 1.807) is 0 Å². The van der Waals surface area contributed by atoms with E-state index in [4.69, 9.17) is 28.4 Å². The van der Waals surface area contributed by atoms with Crippen molar-refractivity contribution < 1.29 is 89.7 Å². The minimum Gasteiger partial charge on any atom is -0.394 e. The molecule has 12 N–H and O–H groups in total. The molecule has 24 atom stereocenters. The van der Waals surface area contributed by atoms with Crippen LogP contribution >= 0.6 is 0 Å². The van der Waals surface area contributed by atoms with Crippen LogP contribution in [0.4, 0.5) is 0 Å². The molecule has 18 nitrogen and oxygen atoms in total. The molecule has 18 heteroatoms. The predicted octanol–water partition coefficient (Wildman–Crippen LogP) is -0.107. The monoisotopic (exact) mass is 945 g/mol. The molecule has 7 rings (SSSR count). The molecule has 24 unspecified atom stereocenters. The first kappa shape index (κ1) is 52.6. The van der Waals surface area contributed by atoms with Crippen LogP contribution in [0.5, 0.6) is 0 Å². The van der Waals surface area contributed by atoms with E-state index < -0.39 is 141 Å². The molecule has 3 saturated heterocycles. The normalized spacial score (nSPS) is 51.2. The quantitative estimate of drug-likeness (QED) is 0.107. The Hall–Kier alpha value is -1.24. The van der Waals surface area contributed by atoms with E-state index in [1.807, 2.05) is 20.8 Å². The van der Waals surface area contributed by atoms with E-state index in [0.29, 0.717) is 38.5 Å². The average molecular weight is 945 g/mol. The van der Waals surface area contributed by atoms with Crippen LogP contribution in [-0.2, 0) is 28.4 Å². The molecule has 3 heterocycles. The van der Waals surface area contributed by atoms with Gasteiger partial charge < -0.3 is 89.7 Å². The molecule has 66 heavy (non-hydrogen) atoms. The van der Waals surface area contributed by atoms with Crippen molar-refractivity contribution in [2.75, 3.05) is 19.8 Å². The first-order valence-corrected chi connectivity index (χ1v) is 24.1. The first-order valence-electron chi connectivity index (χ1n) is 24.1. The van der Waals surface area contributed by atoms with Gasteiger partial charge in [0.25, 0.3) is 0 Å². The summed E-state index contributed by atoms with van der Waals surface area (Å²) in [5.74, 6) is -0.360. The Bertz CT molecular complexity index is 1740. The fourth-order valence-electron chi connectivity index (χ4n) is 14.1. The fraction of sp³-hybridized carbons (Fsp3) is 0.917. The van der Waals surface area contributed by atoms with Crippen LogP contribution in [0, 0.1) is 39.4 Å². The molecule has 0 amide bonds. The Morgan fingerprint density at radius 2 is 1.23 bits per heavy atom. The van der Waals surface area contributed by atoms with E-state index in [-0.39, 0.29) is 28.6 Å². The Morgan fingerprint density at radius 1 is 0.682 bits per heavy atom. The van der Waals surface area contributed by atoms with E-state index in [0.717, 1.165) is 24.0 Å². The molecule has 0 aromatic heterocycles. The van der Waals surface area contributed by atoms with Gasteiger partial charge in [0.2, 0.25) is 0 Å². The summed E-state index contributed by atoms with van der Waals surface area (Å²) in [6.45, 7) is 15.2. The number of hydrogen-bond donors (Lipinski definition) is 12. The Labute approximate surface area is 388 Å². The molecule has 0 aromatic carbocycles. The first-order chi connectivity index (χ1) is 30.8. The van der Waals surface area contributed by atoms with Gasteiger partial charge in [-0.1, -0.05) is 57.9 Å². The molecule has 3 aliphatic heterocycles. The minimum atomic E-state index is -1.80. The number of rotatable bonds is 13. The third-order valence-electron chi connectivity index (χ3n) is 18.1. The Balaban J connectivity index is 1.15. The zero-order chi connectivity index (χ0) is 48.6. The van der Waals surface area contributed by atoms with Crippen molar-refractivity contribution in [2.45, 2.75) is 217 Å². The third-order valence-corrected chi connectivity index (χ3v) is 18.1. The van der Waals surface area contributed by atoms with Crippen LogP contribution in [0.1, 0.15) is 107 Å². The molecule has 6 fully saturated rings. The van der Waals surface area contributed by atoms with Crippen LogP contribution in [0.2, 0.25) is 0 Å². The number of allylic oxidation sites excluding steroid dienone is 3. The number of aliphatic hydroxyl groups excluding tert-OH is 12. The van der Waals surface area contributed by atoms with Crippen LogP contribution in [0.15, 0.2) is 23.3 Å². The standard InChI is InChI=1S/C48H80O18/c1-22(2)10-9-14-48(8,66-42-39(60)36(57)33(54)26(20-50)62-42)23-11-16-47(7)31(23)24(52)18-29-45(5)15-13-30(44(3,4)28(45)12-17-46(29,47)6)64-43-40(37(58)34(55)27(21-51)63-43)65-41-38(59)35(56)32(53)25(19-49)61-41/h10,12,23-27,29-43,49-60H,9,11,13-21H2,1-8H3. The van der Waals surface area contributed by atoms with E-state index in [1.165, 1.54) is 0 Å². The zero-order valence-electron chi connectivity index (χ0n) is 39.8. The second-order valence-corrected chi connectivity index (χ2v) is 22.4. The van der Waals surface area contributed by atoms with Gasteiger partial charge in [0.1, 0.15) is 73.2 Å². The number of fused-ring (bicyclic) bond motifs is 5. The van der Waals surface area contributed by atoms with Gasteiger partial charge in [-0.3, -0.25) is 0 Å². The Morgan fingerprint density at radius 3 is 1.80 bits per heavy atom. The average Bonchev–Trinajstić information content (AvgIpc) is 3.65. The lowest BCUT2D eigenvalue weighted by Gasteiger charge is -2.68. The molecule has 4 aliphatic carbocycles. The smallest absolute Gasteiger partial charge is 0.187 e. The summed E-state index contributed by atoms with van der Waals surface area (Å²) < 4.78 is 37.1. The lowest BCUT2D eigenvalue weighted by molar-refractivity contribution is -0.375. The molecule has 380 valence electrons. The minimum absolute atomic E-state index is 0.0347. The summed E-state index contributed by atoms with van der Waals surface area (Å²) in [5, 5.41) is 129.